The maximum absolute atomic E-state index is 12.7. The maximum Gasteiger partial charge on any atom is 0.160 e. The lowest BCUT2D eigenvalue weighted by Gasteiger charge is -2.29. The minimum absolute atomic E-state index is 0.300. The van der Waals surface area contributed by atoms with Crippen molar-refractivity contribution >= 4 is 9.84 Å². The van der Waals surface area contributed by atoms with Gasteiger partial charge in [-0.1, -0.05) is 60.7 Å². The van der Waals surface area contributed by atoms with Crippen molar-refractivity contribution in [3.8, 4) is 0 Å². The van der Waals surface area contributed by atoms with Crippen LogP contribution in [0.5, 0.6) is 0 Å². The lowest BCUT2D eigenvalue weighted by Crippen LogP contribution is -2.34. The highest BCUT2D eigenvalue weighted by atomic mass is 32.2. The molecular weight excluding hydrogens is 268 g/mol. The molecule has 1 unspecified atom stereocenters. The fraction of sp³-hybridized carbons (Fsp3) is 0.294. The quantitative estimate of drug-likeness (QED) is 0.867. The average Bonchev–Trinajstić information content (AvgIpc) is 2.77. The molecule has 0 amide bonds. The van der Waals surface area contributed by atoms with Crippen LogP contribution in [0.4, 0.5) is 0 Å². The summed E-state index contributed by atoms with van der Waals surface area (Å²) in [7, 11) is -3.10. The fourth-order valence-electron chi connectivity index (χ4n) is 3.19. The highest BCUT2D eigenvalue weighted by Crippen LogP contribution is 2.44. The van der Waals surface area contributed by atoms with Crippen LogP contribution in [0, 0.1) is 0 Å². The lowest BCUT2D eigenvalue weighted by atomic mass is 9.88. The summed E-state index contributed by atoms with van der Waals surface area (Å²) in [6.07, 6.45) is 2.04. The molecule has 1 aliphatic heterocycles. The van der Waals surface area contributed by atoms with Crippen LogP contribution in [0.2, 0.25) is 0 Å². The van der Waals surface area contributed by atoms with Crippen LogP contribution in [0.25, 0.3) is 0 Å². The molecule has 3 heteroatoms. The van der Waals surface area contributed by atoms with Gasteiger partial charge < -0.3 is 0 Å². The Hall–Kier alpha value is -1.61. The second-order valence-corrected chi connectivity index (χ2v) is 7.86. The number of rotatable bonds is 3. The third kappa shape index (κ3) is 2.16. The summed E-state index contributed by atoms with van der Waals surface area (Å²) < 4.78 is 24.6. The molecule has 0 aromatic heterocycles. The van der Waals surface area contributed by atoms with Gasteiger partial charge in [-0.2, -0.15) is 0 Å². The molecule has 2 aromatic carbocycles. The van der Waals surface area contributed by atoms with Gasteiger partial charge in [0.2, 0.25) is 0 Å². The molecule has 1 atom stereocenters. The van der Waals surface area contributed by atoms with Gasteiger partial charge >= 0.3 is 0 Å². The molecule has 1 saturated heterocycles. The van der Waals surface area contributed by atoms with Gasteiger partial charge in [-0.15, -0.1) is 0 Å². The van der Waals surface area contributed by atoms with Crippen LogP contribution >= 0.6 is 0 Å². The zero-order valence-electron chi connectivity index (χ0n) is 11.3. The van der Waals surface area contributed by atoms with E-state index in [0.29, 0.717) is 18.6 Å². The Morgan fingerprint density at radius 3 is 2.05 bits per heavy atom. The van der Waals surface area contributed by atoms with Gasteiger partial charge in [0.25, 0.3) is 0 Å². The molecular formula is C17H18O2S. The SMILES string of the molecule is O=S1(=O)CCCC1(Cc1ccccc1)c1ccccc1. The van der Waals surface area contributed by atoms with E-state index in [1.54, 1.807) is 0 Å². The maximum atomic E-state index is 12.7. The Morgan fingerprint density at radius 1 is 0.900 bits per heavy atom. The van der Waals surface area contributed by atoms with Crippen LogP contribution in [0.15, 0.2) is 60.7 Å². The predicted molar refractivity (Wildman–Crippen MR) is 81.3 cm³/mol. The summed E-state index contributed by atoms with van der Waals surface area (Å²) in [5.74, 6) is 0.300. The highest BCUT2D eigenvalue weighted by Gasteiger charge is 2.48. The molecule has 20 heavy (non-hydrogen) atoms. The van der Waals surface area contributed by atoms with E-state index in [-0.39, 0.29) is 0 Å². The summed E-state index contributed by atoms with van der Waals surface area (Å²) >= 11 is 0. The van der Waals surface area contributed by atoms with Crippen LogP contribution in [0.3, 0.4) is 0 Å². The van der Waals surface area contributed by atoms with Crippen molar-refractivity contribution in [1.29, 1.82) is 0 Å². The van der Waals surface area contributed by atoms with E-state index in [1.807, 2.05) is 60.7 Å². The minimum Gasteiger partial charge on any atom is -0.228 e. The molecule has 3 rings (SSSR count). The molecule has 0 aliphatic carbocycles. The highest BCUT2D eigenvalue weighted by molar-refractivity contribution is 7.92. The molecule has 0 bridgehead atoms. The van der Waals surface area contributed by atoms with E-state index in [0.717, 1.165) is 17.5 Å². The molecule has 0 spiro atoms. The van der Waals surface area contributed by atoms with Crippen molar-refractivity contribution in [2.45, 2.75) is 24.0 Å². The third-order valence-electron chi connectivity index (χ3n) is 4.22. The third-order valence-corrected chi connectivity index (χ3v) is 6.82. The summed E-state index contributed by atoms with van der Waals surface area (Å²) in [5.41, 5.74) is 2.02. The Labute approximate surface area is 120 Å². The van der Waals surface area contributed by atoms with E-state index in [2.05, 4.69) is 0 Å². The van der Waals surface area contributed by atoms with Crippen LogP contribution in [-0.4, -0.2) is 14.2 Å². The largest absolute Gasteiger partial charge is 0.228 e. The normalized spacial score (nSPS) is 24.6. The zero-order chi connectivity index (χ0) is 14.1. The Bertz CT molecular complexity index is 677. The molecule has 0 N–H and O–H groups in total. The van der Waals surface area contributed by atoms with Crippen molar-refractivity contribution in [2.75, 3.05) is 5.75 Å². The second-order valence-electron chi connectivity index (χ2n) is 5.45. The van der Waals surface area contributed by atoms with Gasteiger partial charge in [0, 0.05) is 0 Å². The average molecular weight is 286 g/mol. The second kappa shape index (κ2) is 5.06. The molecule has 2 aromatic rings. The molecule has 104 valence electrons. The Balaban J connectivity index is 2.10. The first-order valence-corrected chi connectivity index (χ1v) is 8.61. The standard InChI is InChI=1S/C17H18O2S/c18-20(19)13-7-12-17(20,16-10-5-2-6-11-16)14-15-8-3-1-4-9-15/h1-6,8-11H,7,12-14H2. The first-order valence-electron chi connectivity index (χ1n) is 6.96. The van der Waals surface area contributed by atoms with Crippen molar-refractivity contribution in [2.24, 2.45) is 0 Å². The first-order chi connectivity index (χ1) is 9.64. The van der Waals surface area contributed by atoms with Gasteiger partial charge in [-0.05, 0) is 30.4 Å². The number of hydrogen-bond acceptors (Lipinski definition) is 2. The number of benzene rings is 2. The molecule has 1 aliphatic rings. The van der Waals surface area contributed by atoms with Crippen LogP contribution in [0.1, 0.15) is 24.0 Å². The van der Waals surface area contributed by atoms with Gasteiger partial charge in [0.15, 0.2) is 9.84 Å². The van der Waals surface area contributed by atoms with Crippen LogP contribution < -0.4 is 0 Å². The minimum atomic E-state index is -3.10. The Morgan fingerprint density at radius 2 is 1.50 bits per heavy atom. The van der Waals surface area contributed by atoms with Gasteiger partial charge in [0.05, 0.1) is 5.75 Å². The topological polar surface area (TPSA) is 34.1 Å². The van der Waals surface area contributed by atoms with E-state index in [4.69, 9.17) is 0 Å². The molecule has 0 saturated carbocycles. The summed E-state index contributed by atoms with van der Waals surface area (Å²) in [4.78, 5) is 0. The Kier molecular flexibility index (Phi) is 3.38. The van der Waals surface area contributed by atoms with Gasteiger partial charge in [-0.25, -0.2) is 8.42 Å². The predicted octanol–water partition coefficient (Wildman–Crippen LogP) is 3.33. The van der Waals surface area contributed by atoms with Crippen molar-refractivity contribution in [1.82, 2.24) is 0 Å². The van der Waals surface area contributed by atoms with Gasteiger partial charge in [-0.3, -0.25) is 0 Å². The van der Waals surface area contributed by atoms with Crippen molar-refractivity contribution in [3.05, 3.63) is 71.8 Å². The van der Waals surface area contributed by atoms with Crippen molar-refractivity contribution in [3.63, 3.8) is 0 Å². The summed E-state index contributed by atoms with van der Waals surface area (Å²) in [5, 5.41) is 0. The lowest BCUT2D eigenvalue weighted by molar-refractivity contribution is 0.520. The van der Waals surface area contributed by atoms with E-state index < -0.39 is 14.6 Å². The molecule has 1 heterocycles. The fourth-order valence-corrected chi connectivity index (χ4v) is 5.44. The summed E-state index contributed by atoms with van der Waals surface area (Å²) in [6.45, 7) is 0. The van der Waals surface area contributed by atoms with E-state index >= 15 is 0 Å². The van der Waals surface area contributed by atoms with Gasteiger partial charge in [0.1, 0.15) is 4.75 Å². The number of sulfone groups is 1. The first kappa shape index (κ1) is 13.4. The van der Waals surface area contributed by atoms with Crippen LogP contribution in [-0.2, 0) is 21.0 Å². The van der Waals surface area contributed by atoms with E-state index in [9.17, 15) is 8.42 Å². The molecule has 2 nitrogen and oxygen atoms in total. The number of hydrogen-bond donors (Lipinski definition) is 0. The monoisotopic (exact) mass is 286 g/mol. The summed E-state index contributed by atoms with van der Waals surface area (Å²) in [6, 6.07) is 19.6. The van der Waals surface area contributed by atoms with E-state index in [1.165, 1.54) is 0 Å². The molecule has 1 fully saturated rings. The smallest absolute Gasteiger partial charge is 0.160 e. The molecule has 0 radical (unpaired) electrons. The van der Waals surface area contributed by atoms with Crippen molar-refractivity contribution < 1.29 is 8.42 Å². The zero-order valence-corrected chi connectivity index (χ0v) is 12.1.